The van der Waals surface area contributed by atoms with Crippen LogP contribution in [0.3, 0.4) is 0 Å². The lowest BCUT2D eigenvalue weighted by Gasteiger charge is -2.17. The van der Waals surface area contributed by atoms with E-state index in [1.807, 2.05) is 6.92 Å². The van der Waals surface area contributed by atoms with Gasteiger partial charge < -0.3 is 16.4 Å². The maximum atomic E-state index is 13.0. The predicted molar refractivity (Wildman–Crippen MR) is 108 cm³/mol. The van der Waals surface area contributed by atoms with Gasteiger partial charge in [-0.15, -0.1) is 0 Å². The summed E-state index contributed by atoms with van der Waals surface area (Å²) in [6.45, 7) is 2.53. The Morgan fingerprint density at radius 2 is 1.97 bits per heavy atom. The highest BCUT2D eigenvalue weighted by Gasteiger charge is 2.25. The van der Waals surface area contributed by atoms with Crippen molar-refractivity contribution in [3.05, 3.63) is 54.0 Å². The number of anilines is 2. The molecule has 1 atom stereocenters. The van der Waals surface area contributed by atoms with Gasteiger partial charge >= 0.3 is 0 Å². The second-order valence-electron chi connectivity index (χ2n) is 6.92. The van der Waals surface area contributed by atoms with Gasteiger partial charge in [0.1, 0.15) is 18.0 Å². The Morgan fingerprint density at radius 1 is 1.20 bits per heavy atom. The molecule has 0 saturated heterocycles. The van der Waals surface area contributed by atoms with Gasteiger partial charge in [-0.25, -0.2) is 23.7 Å². The van der Waals surface area contributed by atoms with Crippen molar-refractivity contribution in [3.8, 4) is 0 Å². The number of halogens is 2. The largest absolute Gasteiger partial charge is 0.366 e. The highest BCUT2D eigenvalue weighted by atomic mass is 19.3. The number of carbonyl (C=O) groups excluding carboxylic acids is 2. The molecule has 2 aromatic heterocycles. The lowest BCUT2D eigenvalue weighted by molar-refractivity contribution is -0.122. The summed E-state index contributed by atoms with van der Waals surface area (Å²) < 4.78 is 26.0. The van der Waals surface area contributed by atoms with Crippen molar-refractivity contribution < 1.29 is 18.4 Å². The van der Waals surface area contributed by atoms with E-state index < -0.39 is 24.2 Å². The number of nitrogens with zero attached hydrogens (tertiary/aromatic N) is 3. The van der Waals surface area contributed by atoms with E-state index >= 15 is 0 Å². The Balaban J connectivity index is 1.82. The monoisotopic (exact) mass is 414 g/mol. The van der Waals surface area contributed by atoms with Gasteiger partial charge in [0.2, 0.25) is 5.91 Å². The van der Waals surface area contributed by atoms with E-state index in [0.29, 0.717) is 23.6 Å². The average Bonchev–Trinajstić information content (AvgIpc) is 2.66. The quantitative estimate of drug-likeness (QED) is 0.545. The van der Waals surface area contributed by atoms with Crippen LogP contribution in [0.15, 0.2) is 42.9 Å². The SMILES string of the molecule is CC(Nc1ncnc2c(C(N)=O)cccc12)c1ccnc(NC(=O)CC(C)(F)F)c1. The first-order valence-corrected chi connectivity index (χ1v) is 9.08. The van der Waals surface area contributed by atoms with Gasteiger partial charge in [-0.05, 0) is 43.7 Å². The van der Waals surface area contributed by atoms with Gasteiger partial charge in [0.25, 0.3) is 11.8 Å². The van der Waals surface area contributed by atoms with Crippen LogP contribution in [0.5, 0.6) is 0 Å². The summed E-state index contributed by atoms with van der Waals surface area (Å²) in [4.78, 5) is 35.8. The van der Waals surface area contributed by atoms with E-state index in [0.717, 1.165) is 5.56 Å². The van der Waals surface area contributed by atoms with Crippen molar-refractivity contribution in [2.75, 3.05) is 10.6 Å². The van der Waals surface area contributed by atoms with Crippen molar-refractivity contribution in [2.24, 2.45) is 5.73 Å². The molecular weight excluding hydrogens is 394 g/mol. The molecule has 2 amide bonds. The molecule has 2 heterocycles. The molecular formula is C20H20F2N6O2. The fraction of sp³-hybridized carbons (Fsp3) is 0.250. The molecule has 0 saturated carbocycles. The van der Waals surface area contributed by atoms with Gasteiger partial charge in [0, 0.05) is 11.6 Å². The Labute approximate surface area is 170 Å². The second-order valence-corrected chi connectivity index (χ2v) is 6.92. The van der Waals surface area contributed by atoms with Crippen LogP contribution in [-0.2, 0) is 4.79 Å². The molecule has 0 spiro atoms. The first kappa shape index (κ1) is 21.0. The molecule has 0 aliphatic rings. The van der Waals surface area contributed by atoms with Crippen molar-refractivity contribution in [3.63, 3.8) is 0 Å². The third-order valence-corrected chi connectivity index (χ3v) is 4.31. The zero-order valence-corrected chi connectivity index (χ0v) is 16.3. The topological polar surface area (TPSA) is 123 Å². The minimum atomic E-state index is -3.10. The lowest BCUT2D eigenvalue weighted by Crippen LogP contribution is -2.22. The van der Waals surface area contributed by atoms with Crippen LogP contribution < -0.4 is 16.4 Å². The van der Waals surface area contributed by atoms with Crippen LogP contribution in [0.4, 0.5) is 20.4 Å². The summed E-state index contributed by atoms with van der Waals surface area (Å²) in [5.41, 5.74) is 6.86. The normalized spacial score (nSPS) is 12.4. The van der Waals surface area contributed by atoms with E-state index in [1.54, 1.807) is 30.3 Å². The van der Waals surface area contributed by atoms with Crippen LogP contribution >= 0.6 is 0 Å². The van der Waals surface area contributed by atoms with E-state index in [2.05, 4.69) is 25.6 Å². The Kier molecular flexibility index (Phi) is 5.86. The number of nitrogens with two attached hydrogens (primary N) is 1. The summed E-state index contributed by atoms with van der Waals surface area (Å²) in [6, 6.07) is 8.06. The standard InChI is InChI=1S/C20H20F2N6O2/c1-11(12-6-7-24-15(8-12)28-16(29)9-20(2,21)22)27-19-14-5-3-4-13(18(23)30)17(14)25-10-26-19/h3-8,10-11H,9H2,1-2H3,(H2,23,30)(H,24,28,29)(H,25,26,27). The van der Waals surface area contributed by atoms with Gasteiger partial charge in [-0.2, -0.15) is 0 Å². The first-order chi connectivity index (χ1) is 14.1. The Bertz CT molecular complexity index is 1100. The van der Waals surface area contributed by atoms with Gasteiger partial charge in [0.15, 0.2) is 0 Å². The molecule has 0 radical (unpaired) electrons. The Morgan fingerprint density at radius 3 is 2.67 bits per heavy atom. The predicted octanol–water partition coefficient (Wildman–Crippen LogP) is 3.28. The number of alkyl halides is 2. The molecule has 10 heteroatoms. The first-order valence-electron chi connectivity index (χ1n) is 9.08. The van der Waals surface area contributed by atoms with E-state index in [-0.39, 0.29) is 17.4 Å². The molecule has 30 heavy (non-hydrogen) atoms. The number of pyridine rings is 1. The highest BCUT2D eigenvalue weighted by Crippen LogP contribution is 2.26. The van der Waals surface area contributed by atoms with Crippen LogP contribution in [0.1, 0.15) is 42.2 Å². The number of para-hydroxylation sites is 1. The molecule has 3 aromatic rings. The number of amides is 2. The molecule has 1 aromatic carbocycles. The summed E-state index contributed by atoms with van der Waals surface area (Å²) in [5, 5.41) is 6.21. The number of aromatic nitrogens is 3. The number of nitrogens with one attached hydrogen (secondary N) is 2. The second kappa shape index (κ2) is 8.36. The minimum Gasteiger partial charge on any atom is -0.366 e. The number of primary amides is 1. The van der Waals surface area contributed by atoms with E-state index in [9.17, 15) is 18.4 Å². The van der Waals surface area contributed by atoms with Gasteiger partial charge in [-0.1, -0.05) is 6.07 Å². The van der Waals surface area contributed by atoms with Crippen LogP contribution in [0.2, 0.25) is 0 Å². The fourth-order valence-electron chi connectivity index (χ4n) is 2.94. The molecule has 1 unspecified atom stereocenters. The zero-order chi connectivity index (χ0) is 21.9. The molecule has 156 valence electrons. The third-order valence-electron chi connectivity index (χ3n) is 4.31. The third kappa shape index (κ3) is 5.02. The number of fused-ring (bicyclic) bond motifs is 1. The van der Waals surface area contributed by atoms with Crippen LogP contribution in [-0.4, -0.2) is 32.7 Å². The molecule has 3 rings (SSSR count). The molecule has 0 aliphatic carbocycles. The fourth-order valence-corrected chi connectivity index (χ4v) is 2.94. The van der Waals surface area contributed by atoms with Crippen molar-refractivity contribution in [1.82, 2.24) is 15.0 Å². The van der Waals surface area contributed by atoms with E-state index in [4.69, 9.17) is 5.73 Å². The minimum absolute atomic E-state index is 0.166. The summed E-state index contributed by atoms with van der Waals surface area (Å²) in [5.74, 6) is -3.87. The summed E-state index contributed by atoms with van der Waals surface area (Å²) in [6.07, 6.45) is 1.87. The summed E-state index contributed by atoms with van der Waals surface area (Å²) in [7, 11) is 0. The maximum absolute atomic E-state index is 13.0. The van der Waals surface area contributed by atoms with Crippen LogP contribution in [0, 0.1) is 0 Å². The number of benzene rings is 1. The maximum Gasteiger partial charge on any atom is 0.254 e. The molecule has 0 fully saturated rings. The van der Waals surface area contributed by atoms with Crippen molar-refractivity contribution >= 4 is 34.4 Å². The van der Waals surface area contributed by atoms with Gasteiger partial charge in [0.05, 0.1) is 23.5 Å². The molecule has 0 bridgehead atoms. The van der Waals surface area contributed by atoms with Crippen LogP contribution in [0.25, 0.3) is 10.9 Å². The smallest absolute Gasteiger partial charge is 0.254 e. The molecule has 4 N–H and O–H groups in total. The number of hydrogen-bond acceptors (Lipinski definition) is 6. The molecule has 8 nitrogen and oxygen atoms in total. The lowest BCUT2D eigenvalue weighted by atomic mass is 10.1. The number of carbonyl (C=O) groups is 2. The average molecular weight is 414 g/mol. The highest BCUT2D eigenvalue weighted by molar-refractivity contribution is 6.06. The van der Waals surface area contributed by atoms with E-state index in [1.165, 1.54) is 12.5 Å². The molecule has 0 aliphatic heterocycles. The van der Waals surface area contributed by atoms with Gasteiger partial charge in [-0.3, -0.25) is 9.59 Å². The Hall–Kier alpha value is -3.69. The zero-order valence-electron chi connectivity index (χ0n) is 16.3. The van der Waals surface area contributed by atoms with Crippen molar-refractivity contribution in [2.45, 2.75) is 32.2 Å². The number of rotatable bonds is 7. The number of hydrogen-bond donors (Lipinski definition) is 3. The van der Waals surface area contributed by atoms with Crippen molar-refractivity contribution in [1.29, 1.82) is 0 Å². The summed E-state index contributed by atoms with van der Waals surface area (Å²) >= 11 is 0.